The van der Waals surface area contributed by atoms with Crippen LogP contribution < -0.4 is 5.73 Å². The molecule has 2 N–H and O–H groups in total. The Morgan fingerprint density at radius 2 is 1.95 bits per heavy atom. The van der Waals surface area contributed by atoms with Crippen LogP contribution >= 0.6 is 11.8 Å². The van der Waals surface area contributed by atoms with Gasteiger partial charge in [0.15, 0.2) is 0 Å². The van der Waals surface area contributed by atoms with E-state index in [1.165, 1.54) is 12.1 Å². The molecule has 20 heavy (non-hydrogen) atoms. The Labute approximate surface area is 122 Å². The summed E-state index contributed by atoms with van der Waals surface area (Å²) in [7, 11) is 0. The van der Waals surface area contributed by atoms with Crippen molar-refractivity contribution in [2.75, 3.05) is 0 Å². The number of nitrogens with two attached hydrogens (primary N) is 1. The van der Waals surface area contributed by atoms with E-state index in [2.05, 4.69) is 0 Å². The molecule has 1 unspecified atom stereocenters. The monoisotopic (exact) mass is 286 g/mol. The third-order valence-corrected chi connectivity index (χ3v) is 3.98. The molecular formula is C16H15FN2S. The van der Waals surface area contributed by atoms with Gasteiger partial charge >= 0.3 is 0 Å². The van der Waals surface area contributed by atoms with Crippen molar-refractivity contribution in [3.63, 3.8) is 0 Å². The maximum absolute atomic E-state index is 13.3. The smallest absolute Gasteiger partial charge is 0.124 e. The van der Waals surface area contributed by atoms with Crippen molar-refractivity contribution in [1.29, 1.82) is 5.26 Å². The highest BCUT2D eigenvalue weighted by atomic mass is 32.2. The largest absolute Gasteiger partial charge is 0.324 e. The Balaban J connectivity index is 2.05. The van der Waals surface area contributed by atoms with Crippen LogP contribution in [0.15, 0.2) is 47.4 Å². The van der Waals surface area contributed by atoms with E-state index in [9.17, 15) is 4.39 Å². The Hall–Kier alpha value is -1.83. The number of rotatable bonds is 4. The summed E-state index contributed by atoms with van der Waals surface area (Å²) >= 11 is 1.60. The van der Waals surface area contributed by atoms with Gasteiger partial charge in [-0.3, -0.25) is 0 Å². The lowest BCUT2D eigenvalue weighted by Crippen LogP contribution is -2.04. The molecule has 2 rings (SSSR count). The van der Waals surface area contributed by atoms with Gasteiger partial charge in [-0.2, -0.15) is 5.26 Å². The van der Waals surface area contributed by atoms with Crippen LogP contribution in [0.1, 0.15) is 29.7 Å². The van der Waals surface area contributed by atoms with E-state index in [1.807, 2.05) is 37.3 Å². The van der Waals surface area contributed by atoms with Crippen LogP contribution in [-0.2, 0) is 5.75 Å². The molecule has 1 atom stereocenters. The van der Waals surface area contributed by atoms with Gasteiger partial charge < -0.3 is 5.73 Å². The maximum atomic E-state index is 13.3. The summed E-state index contributed by atoms with van der Waals surface area (Å²) in [4.78, 5) is 1.09. The topological polar surface area (TPSA) is 49.8 Å². The first-order valence-corrected chi connectivity index (χ1v) is 7.25. The Morgan fingerprint density at radius 1 is 1.25 bits per heavy atom. The van der Waals surface area contributed by atoms with E-state index in [0.29, 0.717) is 11.3 Å². The van der Waals surface area contributed by atoms with E-state index >= 15 is 0 Å². The maximum Gasteiger partial charge on any atom is 0.124 e. The number of nitriles is 1. The molecule has 0 saturated heterocycles. The molecule has 4 heteroatoms. The molecule has 0 aliphatic rings. The van der Waals surface area contributed by atoms with E-state index in [1.54, 1.807) is 17.8 Å². The molecule has 0 aliphatic carbocycles. The van der Waals surface area contributed by atoms with Crippen molar-refractivity contribution < 1.29 is 4.39 Å². The Morgan fingerprint density at radius 3 is 2.55 bits per heavy atom. The van der Waals surface area contributed by atoms with Crippen LogP contribution in [0.3, 0.4) is 0 Å². The lowest BCUT2D eigenvalue weighted by molar-refractivity contribution is 0.626. The van der Waals surface area contributed by atoms with E-state index in [-0.39, 0.29) is 11.9 Å². The minimum Gasteiger partial charge on any atom is -0.324 e. The predicted octanol–water partition coefficient (Wildman–Crippen LogP) is 4.01. The van der Waals surface area contributed by atoms with Crippen LogP contribution in [-0.4, -0.2) is 0 Å². The summed E-state index contributed by atoms with van der Waals surface area (Å²) < 4.78 is 13.3. The van der Waals surface area contributed by atoms with Crippen molar-refractivity contribution in [2.24, 2.45) is 5.73 Å². The van der Waals surface area contributed by atoms with Crippen molar-refractivity contribution in [3.05, 3.63) is 65.0 Å². The quantitative estimate of drug-likeness (QED) is 0.864. The molecule has 0 spiro atoms. The molecule has 0 fully saturated rings. The molecule has 0 saturated carbocycles. The highest BCUT2D eigenvalue weighted by Crippen LogP contribution is 2.25. The van der Waals surface area contributed by atoms with Crippen LogP contribution in [0.5, 0.6) is 0 Å². The van der Waals surface area contributed by atoms with Gasteiger partial charge in [0.1, 0.15) is 5.82 Å². The lowest BCUT2D eigenvalue weighted by atomic mass is 10.1. The van der Waals surface area contributed by atoms with E-state index in [0.717, 1.165) is 16.0 Å². The van der Waals surface area contributed by atoms with E-state index < -0.39 is 0 Å². The Kier molecular flexibility index (Phi) is 4.78. The molecule has 0 aromatic heterocycles. The first-order valence-electron chi connectivity index (χ1n) is 6.26. The first-order chi connectivity index (χ1) is 9.58. The van der Waals surface area contributed by atoms with Crippen LogP contribution in [0, 0.1) is 17.1 Å². The second-order valence-electron chi connectivity index (χ2n) is 4.61. The van der Waals surface area contributed by atoms with E-state index in [4.69, 9.17) is 11.0 Å². The number of hydrogen-bond acceptors (Lipinski definition) is 3. The highest BCUT2D eigenvalue weighted by molar-refractivity contribution is 7.98. The number of benzene rings is 2. The second-order valence-corrected chi connectivity index (χ2v) is 5.66. The standard InChI is InChI=1S/C16H15FN2S/c1-11(19)14-2-4-16(5-3-14)20-10-13-6-12(9-18)7-15(17)8-13/h2-8,11H,10,19H2,1H3. The molecule has 102 valence electrons. The fraction of sp³-hybridized carbons (Fsp3) is 0.188. The fourth-order valence-electron chi connectivity index (χ4n) is 1.83. The molecule has 2 aromatic carbocycles. The molecule has 0 radical (unpaired) electrons. The first kappa shape index (κ1) is 14.6. The molecule has 0 aliphatic heterocycles. The highest BCUT2D eigenvalue weighted by Gasteiger charge is 2.03. The van der Waals surface area contributed by atoms with Gasteiger partial charge in [-0.15, -0.1) is 11.8 Å². The number of halogens is 1. The van der Waals surface area contributed by atoms with Gasteiger partial charge in [0.05, 0.1) is 11.6 Å². The van der Waals surface area contributed by atoms with Crippen molar-refractivity contribution in [2.45, 2.75) is 23.6 Å². The molecule has 0 heterocycles. The predicted molar refractivity (Wildman–Crippen MR) is 79.7 cm³/mol. The minimum absolute atomic E-state index is 0.0236. The normalized spacial score (nSPS) is 11.9. The Bertz CT molecular complexity index is 630. The molecule has 2 aromatic rings. The van der Waals surface area contributed by atoms with Gasteiger partial charge in [-0.1, -0.05) is 12.1 Å². The molecule has 0 amide bonds. The SMILES string of the molecule is CC(N)c1ccc(SCc2cc(F)cc(C#N)c2)cc1. The zero-order chi connectivity index (χ0) is 14.5. The fourth-order valence-corrected chi connectivity index (χ4v) is 2.66. The number of hydrogen-bond donors (Lipinski definition) is 1. The van der Waals surface area contributed by atoms with Gasteiger partial charge in [-0.05, 0) is 48.4 Å². The van der Waals surface area contributed by atoms with Gasteiger partial charge in [0.2, 0.25) is 0 Å². The third-order valence-electron chi connectivity index (χ3n) is 2.90. The zero-order valence-electron chi connectivity index (χ0n) is 11.1. The second kappa shape index (κ2) is 6.56. The minimum atomic E-state index is -0.369. The number of thioether (sulfide) groups is 1. The van der Waals surface area contributed by atoms with Gasteiger partial charge in [0.25, 0.3) is 0 Å². The van der Waals surface area contributed by atoms with Crippen LogP contribution in [0.25, 0.3) is 0 Å². The summed E-state index contributed by atoms with van der Waals surface area (Å²) in [5.41, 5.74) is 8.05. The van der Waals surface area contributed by atoms with Crippen LogP contribution in [0.4, 0.5) is 4.39 Å². The summed E-state index contributed by atoms with van der Waals surface area (Å²) in [6.45, 7) is 1.94. The molecule has 0 bridgehead atoms. The van der Waals surface area contributed by atoms with Crippen molar-refractivity contribution in [3.8, 4) is 6.07 Å². The average Bonchev–Trinajstić information content (AvgIpc) is 2.45. The average molecular weight is 286 g/mol. The molecule has 2 nitrogen and oxygen atoms in total. The van der Waals surface area contributed by atoms with Gasteiger partial charge in [-0.25, -0.2) is 4.39 Å². The summed E-state index contributed by atoms with van der Waals surface area (Å²) in [6, 6.07) is 14.4. The summed E-state index contributed by atoms with van der Waals surface area (Å²) in [6.07, 6.45) is 0. The lowest BCUT2D eigenvalue weighted by Gasteiger charge is -2.07. The van der Waals surface area contributed by atoms with Gasteiger partial charge in [0, 0.05) is 16.7 Å². The van der Waals surface area contributed by atoms with Crippen LogP contribution in [0.2, 0.25) is 0 Å². The summed E-state index contributed by atoms with van der Waals surface area (Å²) in [5.74, 6) is 0.260. The van der Waals surface area contributed by atoms with Crippen molar-refractivity contribution >= 4 is 11.8 Å². The zero-order valence-corrected chi connectivity index (χ0v) is 12.0. The molecular weight excluding hydrogens is 271 g/mol. The number of nitrogens with zero attached hydrogens (tertiary/aromatic N) is 1. The van der Waals surface area contributed by atoms with Crippen molar-refractivity contribution in [1.82, 2.24) is 0 Å². The summed E-state index contributed by atoms with van der Waals surface area (Å²) in [5, 5.41) is 8.82. The third kappa shape index (κ3) is 3.83.